The molecule has 226 valence electrons. The molecule has 1 N–H and O–H groups in total. The Bertz CT molecular complexity index is 1520. The third-order valence-electron chi connectivity index (χ3n) is 6.51. The highest BCUT2D eigenvalue weighted by Gasteiger charge is 2.35. The smallest absolute Gasteiger partial charge is 0.264 e. The number of benzene rings is 3. The average molecular weight is 600 g/mol. The van der Waals surface area contributed by atoms with Crippen LogP contribution in [0.25, 0.3) is 0 Å². The number of sulfonamides is 1. The summed E-state index contributed by atoms with van der Waals surface area (Å²) in [4.78, 5) is 28.4. The first-order chi connectivity index (χ1) is 19.7. The molecule has 0 aliphatic carbocycles. The van der Waals surface area contributed by atoms with Crippen LogP contribution in [0.4, 0.5) is 10.1 Å². The van der Waals surface area contributed by atoms with Gasteiger partial charge in [0, 0.05) is 23.7 Å². The van der Waals surface area contributed by atoms with Gasteiger partial charge in [0.1, 0.15) is 29.9 Å². The fraction of sp³-hybridized carbons (Fsp3) is 0.355. The lowest BCUT2D eigenvalue weighted by molar-refractivity contribution is -0.140. The predicted octanol–water partition coefficient (Wildman–Crippen LogP) is 4.68. The molecular formula is C31H38FN3O6S. The minimum Gasteiger partial charge on any atom is -0.497 e. The van der Waals surface area contributed by atoms with Gasteiger partial charge in [-0.05, 0) is 65.0 Å². The van der Waals surface area contributed by atoms with Crippen molar-refractivity contribution in [3.63, 3.8) is 0 Å². The van der Waals surface area contributed by atoms with Crippen LogP contribution in [0.5, 0.6) is 11.5 Å². The fourth-order valence-corrected chi connectivity index (χ4v) is 5.63. The Balaban J connectivity index is 2.14. The molecule has 0 bridgehead atoms. The van der Waals surface area contributed by atoms with E-state index >= 15 is 0 Å². The number of hydrogen-bond acceptors (Lipinski definition) is 6. The summed E-state index contributed by atoms with van der Waals surface area (Å²) < 4.78 is 54.6. The van der Waals surface area contributed by atoms with Crippen molar-refractivity contribution in [2.24, 2.45) is 0 Å². The van der Waals surface area contributed by atoms with E-state index in [4.69, 9.17) is 9.47 Å². The van der Waals surface area contributed by atoms with Crippen molar-refractivity contribution in [1.82, 2.24) is 10.2 Å². The van der Waals surface area contributed by atoms with E-state index in [0.717, 1.165) is 9.87 Å². The van der Waals surface area contributed by atoms with Gasteiger partial charge in [0.05, 0.1) is 24.8 Å². The van der Waals surface area contributed by atoms with Crippen LogP contribution in [0.1, 0.15) is 38.8 Å². The first-order valence-corrected chi connectivity index (χ1v) is 14.8. The van der Waals surface area contributed by atoms with E-state index < -0.39 is 45.8 Å². The molecule has 0 saturated heterocycles. The van der Waals surface area contributed by atoms with Gasteiger partial charge >= 0.3 is 0 Å². The molecule has 0 fully saturated rings. The largest absolute Gasteiger partial charge is 0.497 e. The summed E-state index contributed by atoms with van der Waals surface area (Å²) in [5, 5.41) is 2.84. The maximum Gasteiger partial charge on any atom is 0.264 e. The third kappa shape index (κ3) is 7.79. The molecule has 0 spiro atoms. The summed E-state index contributed by atoms with van der Waals surface area (Å²) in [5.74, 6) is -1.24. The molecule has 0 radical (unpaired) electrons. The summed E-state index contributed by atoms with van der Waals surface area (Å²) in [6.45, 7) is 7.76. The van der Waals surface area contributed by atoms with Gasteiger partial charge in [0.25, 0.3) is 10.0 Å². The molecule has 9 nitrogen and oxygen atoms in total. The number of halogens is 1. The Hall–Kier alpha value is -4.12. The van der Waals surface area contributed by atoms with E-state index in [-0.39, 0.29) is 28.4 Å². The van der Waals surface area contributed by atoms with Crippen LogP contribution in [-0.2, 0) is 26.2 Å². The molecular weight excluding hydrogens is 561 g/mol. The molecule has 3 rings (SSSR count). The standard InChI is InChI=1S/C31H38FN3O6S/c1-21-12-15-25(16-13-21)42(38,39)35(27-18-24(40-6)14-17-28(27)41-7)20-29(36)34(19-23-10-8-9-11-26(23)32)22(2)30(37)33-31(3,4)5/h8-18,22H,19-20H2,1-7H3,(H,33,37)/t22-/m0/s1. The van der Waals surface area contributed by atoms with Gasteiger partial charge in [-0.3, -0.25) is 13.9 Å². The van der Waals surface area contributed by atoms with Gasteiger partial charge in [0.2, 0.25) is 11.8 Å². The summed E-state index contributed by atoms with van der Waals surface area (Å²) in [6, 6.07) is 15.6. The summed E-state index contributed by atoms with van der Waals surface area (Å²) in [5.41, 5.74) is 0.481. The molecule has 3 aromatic carbocycles. The number of aryl methyl sites for hydroxylation is 1. The SMILES string of the molecule is COc1ccc(OC)c(N(CC(=O)N(Cc2ccccc2F)[C@@H](C)C(=O)NC(C)(C)C)S(=O)(=O)c2ccc(C)cc2)c1. The number of hydrogen-bond donors (Lipinski definition) is 1. The number of nitrogens with zero attached hydrogens (tertiary/aromatic N) is 2. The van der Waals surface area contributed by atoms with Crippen molar-refractivity contribution in [3.8, 4) is 11.5 Å². The predicted molar refractivity (Wildman–Crippen MR) is 160 cm³/mol. The molecule has 11 heteroatoms. The average Bonchev–Trinajstić information content (AvgIpc) is 2.93. The molecule has 2 amide bonds. The zero-order valence-electron chi connectivity index (χ0n) is 25.0. The Kier molecular flexibility index (Phi) is 10.2. The van der Waals surface area contributed by atoms with Crippen LogP contribution in [0.3, 0.4) is 0 Å². The minimum atomic E-state index is -4.34. The van der Waals surface area contributed by atoms with Crippen molar-refractivity contribution in [2.75, 3.05) is 25.1 Å². The number of nitrogens with one attached hydrogen (secondary N) is 1. The second-order valence-corrected chi connectivity index (χ2v) is 12.8. The second kappa shape index (κ2) is 13.2. The Labute approximate surface area is 247 Å². The maximum absolute atomic E-state index is 14.7. The van der Waals surface area contributed by atoms with E-state index in [0.29, 0.717) is 5.75 Å². The van der Waals surface area contributed by atoms with E-state index in [1.54, 1.807) is 45.0 Å². The number of carbonyl (C=O) groups is 2. The quantitative estimate of drug-likeness (QED) is 0.343. The molecule has 42 heavy (non-hydrogen) atoms. The topological polar surface area (TPSA) is 105 Å². The van der Waals surface area contributed by atoms with Crippen LogP contribution < -0.4 is 19.1 Å². The summed E-state index contributed by atoms with van der Waals surface area (Å²) in [6.07, 6.45) is 0. The molecule has 0 aliphatic rings. The lowest BCUT2D eigenvalue weighted by atomic mass is 10.1. The molecule has 0 unspecified atom stereocenters. The lowest BCUT2D eigenvalue weighted by Crippen LogP contribution is -2.54. The van der Waals surface area contributed by atoms with Gasteiger partial charge in [0.15, 0.2) is 0 Å². The lowest BCUT2D eigenvalue weighted by Gasteiger charge is -2.33. The first kappa shape index (κ1) is 32.4. The molecule has 0 saturated carbocycles. The Morgan fingerprint density at radius 1 is 0.976 bits per heavy atom. The van der Waals surface area contributed by atoms with Crippen molar-refractivity contribution < 1.29 is 31.9 Å². The number of ether oxygens (including phenoxy) is 2. The normalized spacial score (nSPS) is 12.3. The zero-order valence-corrected chi connectivity index (χ0v) is 25.8. The van der Waals surface area contributed by atoms with Crippen LogP contribution in [0.15, 0.2) is 71.6 Å². The molecule has 3 aromatic rings. The van der Waals surface area contributed by atoms with Gasteiger partial charge in [-0.2, -0.15) is 0 Å². The summed E-state index contributed by atoms with van der Waals surface area (Å²) in [7, 11) is -1.52. The maximum atomic E-state index is 14.7. The third-order valence-corrected chi connectivity index (χ3v) is 8.28. The molecule has 0 aromatic heterocycles. The van der Waals surface area contributed by atoms with Crippen LogP contribution >= 0.6 is 0 Å². The fourth-order valence-electron chi connectivity index (χ4n) is 4.21. The van der Waals surface area contributed by atoms with Crippen molar-refractivity contribution in [1.29, 1.82) is 0 Å². The highest BCUT2D eigenvalue weighted by Crippen LogP contribution is 2.36. The van der Waals surface area contributed by atoms with E-state index in [2.05, 4.69) is 5.32 Å². The van der Waals surface area contributed by atoms with E-state index in [1.807, 2.05) is 6.92 Å². The second-order valence-electron chi connectivity index (χ2n) is 10.9. The molecule has 0 heterocycles. The van der Waals surface area contributed by atoms with Crippen molar-refractivity contribution in [3.05, 3.63) is 83.7 Å². The number of amides is 2. The summed E-state index contributed by atoms with van der Waals surface area (Å²) >= 11 is 0. The van der Waals surface area contributed by atoms with Crippen LogP contribution in [0.2, 0.25) is 0 Å². The Morgan fingerprint density at radius 2 is 1.62 bits per heavy atom. The van der Waals surface area contributed by atoms with Gasteiger partial charge in [-0.25, -0.2) is 12.8 Å². The van der Waals surface area contributed by atoms with Crippen molar-refractivity contribution >= 4 is 27.5 Å². The monoisotopic (exact) mass is 599 g/mol. The highest BCUT2D eigenvalue weighted by molar-refractivity contribution is 7.92. The van der Waals surface area contributed by atoms with Gasteiger partial charge in [-0.15, -0.1) is 0 Å². The van der Waals surface area contributed by atoms with E-state index in [1.165, 1.54) is 68.5 Å². The van der Waals surface area contributed by atoms with Crippen LogP contribution in [0, 0.1) is 12.7 Å². The number of anilines is 1. The number of methoxy groups -OCH3 is 2. The number of rotatable bonds is 11. The van der Waals surface area contributed by atoms with Crippen molar-refractivity contribution in [2.45, 2.75) is 57.6 Å². The van der Waals surface area contributed by atoms with Gasteiger partial charge in [-0.1, -0.05) is 35.9 Å². The van der Waals surface area contributed by atoms with Gasteiger partial charge < -0.3 is 19.7 Å². The van der Waals surface area contributed by atoms with Crippen LogP contribution in [-0.4, -0.2) is 57.5 Å². The highest BCUT2D eigenvalue weighted by atomic mass is 32.2. The first-order valence-electron chi connectivity index (χ1n) is 13.3. The number of carbonyl (C=O) groups excluding carboxylic acids is 2. The zero-order chi connectivity index (χ0) is 31.2. The minimum absolute atomic E-state index is 0.0510. The Morgan fingerprint density at radius 3 is 2.19 bits per heavy atom. The molecule has 0 aliphatic heterocycles. The molecule has 1 atom stereocenters. The van der Waals surface area contributed by atoms with E-state index in [9.17, 15) is 22.4 Å².